The quantitative estimate of drug-likeness (QED) is 0.635. The van der Waals surface area contributed by atoms with Gasteiger partial charge < -0.3 is 5.73 Å². The molecule has 1 rings (SSSR count). The standard InChI is InChI=1S/C5H4BrFN2/c6-3-1-2-4(8)9-5(3)7/h1-2H,(H2,8,9)/i1D,2D. The third-order valence-corrected chi connectivity index (χ3v) is 1.23. The fraction of sp³-hybridized carbons (Fsp3) is 0. The Kier molecular flexibility index (Phi) is 1.08. The van der Waals surface area contributed by atoms with Gasteiger partial charge >= 0.3 is 0 Å². The van der Waals surface area contributed by atoms with E-state index in [0.717, 1.165) is 0 Å². The summed E-state index contributed by atoms with van der Waals surface area (Å²) in [5.74, 6) is -1.13. The smallest absolute Gasteiger partial charge is 0.229 e. The fourth-order valence-corrected chi connectivity index (χ4v) is 0.541. The number of aromatic nitrogens is 1. The molecule has 0 aromatic carbocycles. The number of anilines is 1. The molecular formula is C5H4BrFN2. The Morgan fingerprint density at radius 2 is 2.44 bits per heavy atom. The van der Waals surface area contributed by atoms with Crippen LogP contribution >= 0.6 is 15.9 Å². The zero-order chi connectivity index (χ0) is 8.59. The molecule has 0 amide bonds. The van der Waals surface area contributed by atoms with Gasteiger partial charge in [0.25, 0.3) is 0 Å². The maximum Gasteiger partial charge on any atom is 0.229 e. The molecule has 9 heavy (non-hydrogen) atoms. The Morgan fingerprint density at radius 1 is 1.78 bits per heavy atom. The summed E-state index contributed by atoms with van der Waals surface area (Å²) in [6.45, 7) is 0. The first kappa shape index (κ1) is 4.22. The highest BCUT2D eigenvalue weighted by molar-refractivity contribution is 9.10. The van der Waals surface area contributed by atoms with Gasteiger partial charge in [-0.2, -0.15) is 4.39 Å². The van der Waals surface area contributed by atoms with Gasteiger partial charge in [-0.25, -0.2) is 4.98 Å². The van der Waals surface area contributed by atoms with Gasteiger partial charge in [0, 0.05) is 0 Å². The molecule has 0 radical (unpaired) electrons. The van der Waals surface area contributed by atoms with Crippen LogP contribution in [0.4, 0.5) is 10.2 Å². The van der Waals surface area contributed by atoms with Crippen LogP contribution in [0.3, 0.4) is 0 Å². The molecule has 1 aromatic rings. The summed E-state index contributed by atoms with van der Waals surface area (Å²) in [7, 11) is 0. The Morgan fingerprint density at radius 3 is 3.11 bits per heavy atom. The summed E-state index contributed by atoms with van der Waals surface area (Å²) >= 11 is 2.76. The Balaban J connectivity index is 3.46. The molecule has 0 aliphatic rings. The summed E-state index contributed by atoms with van der Waals surface area (Å²) < 4.78 is 26.7. The summed E-state index contributed by atoms with van der Waals surface area (Å²) in [6.07, 6.45) is 0. The van der Waals surface area contributed by atoms with Gasteiger partial charge in [-0.3, -0.25) is 0 Å². The van der Waals surface area contributed by atoms with E-state index >= 15 is 0 Å². The first-order chi connectivity index (χ1) is 5.04. The van der Waals surface area contributed by atoms with Gasteiger partial charge in [-0.15, -0.1) is 0 Å². The van der Waals surface area contributed by atoms with Crippen LogP contribution in [0, 0.1) is 5.95 Å². The molecule has 0 spiro atoms. The highest BCUT2D eigenvalue weighted by Gasteiger charge is 1.97. The van der Waals surface area contributed by atoms with Crippen molar-refractivity contribution in [3.05, 3.63) is 22.5 Å². The van der Waals surface area contributed by atoms with Crippen molar-refractivity contribution in [3.63, 3.8) is 0 Å². The molecule has 0 atom stereocenters. The molecule has 4 heteroatoms. The number of hydrogen-bond acceptors (Lipinski definition) is 2. The van der Waals surface area contributed by atoms with Gasteiger partial charge in [0.2, 0.25) is 5.95 Å². The molecular weight excluding hydrogens is 187 g/mol. The molecule has 0 saturated carbocycles. The Labute approximate surface area is 62.8 Å². The summed E-state index contributed by atoms with van der Waals surface area (Å²) in [5.41, 5.74) is 5.11. The van der Waals surface area contributed by atoms with E-state index in [4.69, 9.17) is 8.48 Å². The second kappa shape index (κ2) is 2.31. The molecule has 48 valence electrons. The van der Waals surface area contributed by atoms with Crippen LogP contribution in [0.15, 0.2) is 16.6 Å². The van der Waals surface area contributed by atoms with Crippen molar-refractivity contribution in [3.8, 4) is 0 Å². The van der Waals surface area contributed by atoms with Crippen LogP contribution in [-0.4, -0.2) is 4.98 Å². The van der Waals surface area contributed by atoms with E-state index < -0.39 is 5.95 Å². The van der Waals surface area contributed by atoms with E-state index in [-0.39, 0.29) is 22.4 Å². The second-order valence-electron chi connectivity index (χ2n) is 1.35. The van der Waals surface area contributed by atoms with Gasteiger partial charge in [0.15, 0.2) is 0 Å². The number of pyridine rings is 1. The lowest BCUT2D eigenvalue weighted by Crippen LogP contribution is -1.92. The predicted octanol–water partition coefficient (Wildman–Crippen LogP) is 1.57. The van der Waals surface area contributed by atoms with Gasteiger partial charge in [-0.05, 0) is 28.0 Å². The maximum absolute atomic E-state index is 12.6. The van der Waals surface area contributed by atoms with Crippen molar-refractivity contribution in [1.29, 1.82) is 0 Å². The van der Waals surface area contributed by atoms with Crippen molar-refractivity contribution in [1.82, 2.24) is 4.98 Å². The SMILES string of the molecule is [2H]c1c(N)nc(F)c(Br)c1[2H]. The van der Waals surface area contributed by atoms with E-state index in [0.29, 0.717) is 0 Å². The number of hydrogen-bond donors (Lipinski definition) is 1. The number of nitrogen functional groups attached to an aromatic ring is 1. The molecule has 2 nitrogen and oxygen atoms in total. The number of rotatable bonds is 0. The Bertz CT molecular complexity index is 279. The first-order valence-corrected chi connectivity index (χ1v) is 2.91. The number of nitrogens with two attached hydrogens (primary N) is 1. The lowest BCUT2D eigenvalue weighted by atomic mass is 10.5. The molecule has 2 N–H and O–H groups in total. The van der Waals surface area contributed by atoms with Crippen LogP contribution in [0.1, 0.15) is 2.74 Å². The minimum atomic E-state index is -0.858. The predicted molar refractivity (Wildman–Crippen MR) is 36.3 cm³/mol. The average Bonchev–Trinajstić information content (AvgIpc) is 1.97. The highest BCUT2D eigenvalue weighted by Crippen LogP contribution is 2.13. The molecule has 1 aromatic heterocycles. The van der Waals surface area contributed by atoms with Crippen LogP contribution in [0.5, 0.6) is 0 Å². The number of halogens is 2. The van der Waals surface area contributed by atoms with E-state index in [1.54, 1.807) is 0 Å². The lowest BCUT2D eigenvalue weighted by Gasteiger charge is -1.92. The topological polar surface area (TPSA) is 38.9 Å². The Hall–Kier alpha value is -0.640. The van der Waals surface area contributed by atoms with Gasteiger partial charge in [-0.1, -0.05) is 0 Å². The van der Waals surface area contributed by atoms with Crippen molar-refractivity contribution in [2.75, 3.05) is 5.73 Å². The lowest BCUT2D eigenvalue weighted by molar-refractivity contribution is 0.579. The highest BCUT2D eigenvalue weighted by atomic mass is 79.9. The molecule has 0 unspecified atom stereocenters. The second-order valence-corrected chi connectivity index (χ2v) is 2.14. The third kappa shape index (κ3) is 1.38. The molecule has 1 heterocycles. The van der Waals surface area contributed by atoms with Crippen molar-refractivity contribution < 1.29 is 7.13 Å². The number of nitrogens with zero attached hydrogens (tertiary/aromatic N) is 1. The molecule has 0 saturated heterocycles. The molecule has 0 fully saturated rings. The van der Waals surface area contributed by atoms with E-state index in [1.807, 2.05) is 0 Å². The minimum Gasteiger partial charge on any atom is -0.384 e. The zero-order valence-electron chi connectivity index (χ0n) is 6.28. The van der Waals surface area contributed by atoms with Crippen LogP contribution in [0.2, 0.25) is 0 Å². The normalized spacial score (nSPS) is 12.7. The summed E-state index contributed by atoms with van der Waals surface area (Å²) in [6, 6.07) is -0.548. The molecule has 0 aliphatic carbocycles. The van der Waals surface area contributed by atoms with E-state index in [1.165, 1.54) is 0 Å². The van der Waals surface area contributed by atoms with E-state index in [2.05, 4.69) is 20.9 Å². The monoisotopic (exact) mass is 192 g/mol. The fourth-order valence-electron chi connectivity index (χ4n) is 0.353. The van der Waals surface area contributed by atoms with Gasteiger partial charge in [0.05, 0.1) is 7.21 Å². The minimum absolute atomic E-state index is 0.128. The summed E-state index contributed by atoms with van der Waals surface area (Å²) in [4.78, 5) is 3.19. The molecule has 0 aliphatic heterocycles. The maximum atomic E-state index is 12.6. The van der Waals surface area contributed by atoms with Crippen LogP contribution in [-0.2, 0) is 0 Å². The third-order valence-electron chi connectivity index (χ3n) is 0.700. The van der Waals surface area contributed by atoms with Crippen molar-refractivity contribution in [2.45, 2.75) is 0 Å². The zero-order valence-corrected chi connectivity index (χ0v) is 5.87. The van der Waals surface area contributed by atoms with Crippen molar-refractivity contribution in [2.24, 2.45) is 0 Å². The van der Waals surface area contributed by atoms with Crippen molar-refractivity contribution >= 4 is 21.7 Å². The molecule has 0 bridgehead atoms. The van der Waals surface area contributed by atoms with Crippen LogP contribution < -0.4 is 5.73 Å². The largest absolute Gasteiger partial charge is 0.384 e. The van der Waals surface area contributed by atoms with E-state index in [9.17, 15) is 4.39 Å². The first-order valence-electron chi connectivity index (χ1n) is 3.11. The van der Waals surface area contributed by atoms with Gasteiger partial charge in [0.1, 0.15) is 5.82 Å². The summed E-state index contributed by atoms with van der Waals surface area (Å²) in [5, 5.41) is 0. The van der Waals surface area contributed by atoms with Crippen LogP contribution in [0.25, 0.3) is 0 Å². The average molecular weight is 193 g/mol.